The highest BCUT2D eigenvalue weighted by Crippen LogP contribution is 2.19. The minimum Gasteiger partial charge on any atom is -0.481 e. The number of carbonyl (C=O) groups excluding carboxylic acids is 2. The number of Topliss-reactive ketones (excluding diaryl/α,β-unsaturated/α-hetero) is 1. The predicted octanol–water partition coefficient (Wildman–Crippen LogP) is 3.95. The Kier molecular flexibility index (Phi) is 5.17. The van der Waals surface area contributed by atoms with E-state index < -0.39 is 6.10 Å². The first-order valence-electron chi connectivity index (χ1n) is 6.80. The molecule has 1 amide bonds. The third kappa shape index (κ3) is 4.33. The van der Waals surface area contributed by atoms with Gasteiger partial charge in [-0.3, -0.25) is 9.59 Å². The summed E-state index contributed by atoms with van der Waals surface area (Å²) in [5.74, 6) is 0.160. The van der Waals surface area contributed by atoms with Crippen molar-refractivity contribution >= 4 is 29.0 Å². The van der Waals surface area contributed by atoms with E-state index in [-0.39, 0.29) is 11.7 Å². The van der Waals surface area contributed by atoms with Crippen LogP contribution in [0.5, 0.6) is 5.75 Å². The highest BCUT2D eigenvalue weighted by molar-refractivity contribution is 6.30. The van der Waals surface area contributed by atoms with Crippen LogP contribution < -0.4 is 10.1 Å². The lowest BCUT2D eigenvalue weighted by Gasteiger charge is -2.15. The molecule has 0 aliphatic carbocycles. The van der Waals surface area contributed by atoms with E-state index in [0.717, 1.165) is 0 Å². The van der Waals surface area contributed by atoms with Crippen LogP contribution in [0.15, 0.2) is 48.5 Å². The standard InChI is InChI=1S/C17H16ClNO3/c1-11(20)13-5-3-7-15(9-13)19-17(21)12(2)22-16-8-4-6-14(18)10-16/h3-10,12H,1-2H3,(H,19,21)/t12-/m1/s1. The van der Waals surface area contributed by atoms with Gasteiger partial charge in [-0.2, -0.15) is 0 Å². The number of benzene rings is 2. The van der Waals surface area contributed by atoms with Crippen molar-refractivity contribution in [3.05, 3.63) is 59.1 Å². The highest BCUT2D eigenvalue weighted by atomic mass is 35.5. The van der Waals surface area contributed by atoms with Gasteiger partial charge in [0, 0.05) is 16.3 Å². The minimum absolute atomic E-state index is 0.0562. The fraction of sp³-hybridized carbons (Fsp3) is 0.176. The van der Waals surface area contributed by atoms with Crippen LogP contribution in [-0.4, -0.2) is 17.8 Å². The molecule has 22 heavy (non-hydrogen) atoms. The minimum atomic E-state index is -0.695. The highest BCUT2D eigenvalue weighted by Gasteiger charge is 2.15. The normalized spacial score (nSPS) is 11.6. The predicted molar refractivity (Wildman–Crippen MR) is 86.6 cm³/mol. The number of hydrogen-bond donors (Lipinski definition) is 1. The van der Waals surface area contributed by atoms with E-state index in [9.17, 15) is 9.59 Å². The van der Waals surface area contributed by atoms with Crippen LogP contribution in [0, 0.1) is 0 Å². The third-order valence-electron chi connectivity index (χ3n) is 3.01. The Morgan fingerprint density at radius 1 is 1.14 bits per heavy atom. The van der Waals surface area contributed by atoms with E-state index in [1.54, 1.807) is 55.5 Å². The molecule has 5 heteroatoms. The SMILES string of the molecule is CC(=O)c1cccc(NC(=O)[C@@H](C)Oc2cccc(Cl)c2)c1. The van der Waals surface area contributed by atoms with Crippen LogP contribution in [0.25, 0.3) is 0 Å². The molecule has 0 aromatic heterocycles. The largest absolute Gasteiger partial charge is 0.481 e. The van der Waals surface area contributed by atoms with Crippen LogP contribution in [0.4, 0.5) is 5.69 Å². The lowest BCUT2D eigenvalue weighted by molar-refractivity contribution is -0.122. The third-order valence-corrected chi connectivity index (χ3v) is 3.25. The van der Waals surface area contributed by atoms with E-state index >= 15 is 0 Å². The molecular formula is C17H16ClNO3. The van der Waals surface area contributed by atoms with E-state index in [1.165, 1.54) is 6.92 Å². The summed E-state index contributed by atoms with van der Waals surface area (Å²) in [5, 5.41) is 3.26. The second-order valence-corrected chi connectivity index (χ2v) is 5.28. The molecule has 2 aromatic carbocycles. The zero-order valence-corrected chi connectivity index (χ0v) is 13.1. The molecule has 1 atom stereocenters. The van der Waals surface area contributed by atoms with Crippen molar-refractivity contribution in [2.24, 2.45) is 0 Å². The van der Waals surface area contributed by atoms with Crippen molar-refractivity contribution < 1.29 is 14.3 Å². The Hall–Kier alpha value is -2.33. The number of ether oxygens (including phenoxy) is 1. The topological polar surface area (TPSA) is 55.4 Å². The smallest absolute Gasteiger partial charge is 0.265 e. The van der Waals surface area contributed by atoms with Gasteiger partial charge in [-0.05, 0) is 44.2 Å². The molecular weight excluding hydrogens is 302 g/mol. The number of hydrogen-bond acceptors (Lipinski definition) is 3. The maximum atomic E-state index is 12.1. The Balaban J connectivity index is 2.02. The lowest BCUT2D eigenvalue weighted by Crippen LogP contribution is -2.30. The molecule has 0 saturated carbocycles. The number of amides is 1. The lowest BCUT2D eigenvalue weighted by atomic mass is 10.1. The number of rotatable bonds is 5. The summed E-state index contributed by atoms with van der Waals surface area (Å²) in [4.78, 5) is 23.5. The van der Waals surface area contributed by atoms with Crippen molar-refractivity contribution in [3.8, 4) is 5.75 Å². The zero-order chi connectivity index (χ0) is 16.1. The summed E-state index contributed by atoms with van der Waals surface area (Å²) in [6.45, 7) is 3.12. The summed E-state index contributed by atoms with van der Waals surface area (Å²) in [5.41, 5.74) is 1.10. The molecule has 0 heterocycles. The van der Waals surface area contributed by atoms with Gasteiger partial charge >= 0.3 is 0 Å². The molecule has 0 radical (unpaired) electrons. The maximum absolute atomic E-state index is 12.1. The van der Waals surface area contributed by atoms with Gasteiger partial charge < -0.3 is 10.1 Å². The molecule has 2 aromatic rings. The first-order valence-corrected chi connectivity index (χ1v) is 7.17. The van der Waals surface area contributed by atoms with Crippen LogP contribution >= 0.6 is 11.6 Å². The quantitative estimate of drug-likeness (QED) is 0.850. The molecule has 0 saturated heterocycles. The van der Waals surface area contributed by atoms with Crippen LogP contribution in [0.2, 0.25) is 5.02 Å². The van der Waals surface area contributed by atoms with Gasteiger partial charge in [-0.25, -0.2) is 0 Å². The van der Waals surface area contributed by atoms with E-state index in [1.807, 2.05) is 0 Å². The summed E-state index contributed by atoms with van der Waals surface area (Å²) in [6, 6.07) is 13.6. The summed E-state index contributed by atoms with van der Waals surface area (Å²) in [6.07, 6.45) is -0.695. The van der Waals surface area contributed by atoms with Gasteiger partial charge in [0.05, 0.1) is 0 Å². The van der Waals surface area contributed by atoms with Crippen molar-refractivity contribution in [3.63, 3.8) is 0 Å². The van der Waals surface area contributed by atoms with Crippen molar-refractivity contribution in [1.82, 2.24) is 0 Å². The molecule has 0 spiro atoms. The monoisotopic (exact) mass is 317 g/mol. The Labute approximate surface area is 134 Å². The number of anilines is 1. The molecule has 0 aliphatic rings. The van der Waals surface area contributed by atoms with Gasteiger partial charge in [0.25, 0.3) is 5.91 Å². The molecule has 2 rings (SSSR count). The van der Waals surface area contributed by atoms with Crippen LogP contribution in [-0.2, 0) is 4.79 Å². The molecule has 0 aliphatic heterocycles. The maximum Gasteiger partial charge on any atom is 0.265 e. The summed E-state index contributed by atoms with van der Waals surface area (Å²) in [7, 11) is 0. The van der Waals surface area contributed by atoms with E-state index in [4.69, 9.17) is 16.3 Å². The number of nitrogens with one attached hydrogen (secondary N) is 1. The van der Waals surface area contributed by atoms with Crippen molar-refractivity contribution in [1.29, 1.82) is 0 Å². The van der Waals surface area contributed by atoms with Crippen LogP contribution in [0.3, 0.4) is 0 Å². The Bertz CT molecular complexity index is 700. The molecule has 4 nitrogen and oxygen atoms in total. The second kappa shape index (κ2) is 7.09. The first-order chi connectivity index (χ1) is 10.5. The van der Waals surface area contributed by atoms with E-state index in [0.29, 0.717) is 22.0 Å². The zero-order valence-electron chi connectivity index (χ0n) is 12.3. The second-order valence-electron chi connectivity index (χ2n) is 4.84. The van der Waals surface area contributed by atoms with Gasteiger partial charge in [0.15, 0.2) is 11.9 Å². The van der Waals surface area contributed by atoms with Gasteiger partial charge in [-0.15, -0.1) is 0 Å². The Morgan fingerprint density at radius 2 is 1.86 bits per heavy atom. The fourth-order valence-electron chi connectivity index (χ4n) is 1.86. The van der Waals surface area contributed by atoms with Gasteiger partial charge in [-0.1, -0.05) is 29.8 Å². The van der Waals surface area contributed by atoms with Crippen molar-refractivity contribution in [2.45, 2.75) is 20.0 Å². The summed E-state index contributed by atoms with van der Waals surface area (Å²) < 4.78 is 5.54. The molecule has 114 valence electrons. The first kappa shape index (κ1) is 16.0. The van der Waals surface area contributed by atoms with Gasteiger partial charge in [0.1, 0.15) is 5.75 Å². The molecule has 0 fully saturated rings. The number of halogens is 1. The molecule has 1 N–H and O–H groups in total. The fourth-order valence-corrected chi connectivity index (χ4v) is 2.04. The summed E-state index contributed by atoms with van der Waals surface area (Å²) >= 11 is 5.87. The van der Waals surface area contributed by atoms with Crippen molar-refractivity contribution in [2.75, 3.05) is 5.32 Å². The number of carbonyl (C=O) groups is 2. The Morgan fingerprint density at radius 3 is 2.55 bits per heavy atom. The average Bonchev–Trinajstić information content (AvgIpc) is 2.47. The number of ketones is 1. The molecule has 0 bridgehead atoms. The average molecular weight is 318 g/mol. The van der Waals surface area contributed by atoms with Crippen LogP contribution in [0.1, 0.15) is 24.2 Å². The van der Waals surface area contributed by atoms with E-state index in [2.05, 4.69) is 5.32 Å². The van der Waals surface area contributed by atoms with Gasteiger partial charge in [0.2, 0.25) is 0 Å². The molecule has 0 unspecified atom stereocenters.